The monoisotopic (exact) mass is 345 g/mol. The van der Waals surface area contributed by atoms with E-state index in [1.54, 1.807) is 30.3 Å². The maximum Gasteiger partial charge on any atom is 0.259 e. The second-order valence-corrected chi connectivity index (χ2v) is 5.90. The Bertz CT molecular complexity index is 1070. The van der Waals surface area contributed by atoms with Crippen LogP contribution in [0.4, 0.5) is 10.1 Å². The number of amides is 1. The molecule has 0 unspecified atom stereocenters. The molecule has 1 aliphatic heterocycles. The second kappa shape index (κ2) is 5.97. The lowest BCUT2D eigenvalue weighted by Crippen LogP contribution is -2.22. The normalized spacial score (nSPS) is 12.8. The van der Waals surface area contributed by atoms with E-state index in [0.717, 1.165) is 0 Å². The summed E-state index contributed by atoms with van der Waals surface area (Å²) in [6.45, 7) is 0.266. The van der Waals surface area contributed by atoms with Gasteiger partial charge >= 0.3 is 0 Å². The zero-order valence-corrected chi connectivity index (χ0v) is 13.5. The predicted molar refractivity (Wildman–Crippen MR) is 93.0 cm³/mol. The number of phenols is 1. The van der Waals surface area contributed by atoms with E-state index in [2.05, 4.69) is 4.98 Å². The molecule has 3 aromatic rings. The second-order valence-electron chi connectivity index (χ2n) is 5.90. The number of fused-ring (bicyclic) bond motifs is 1. The molecule has 1 N–H and O–H groups in total. The van der Waals surface area contributed by atoms with Crippen LogP contribution in [0.15, 0.2) is 54.7 Å². The number of hydrogen-bond donors (Lipinski definition) is 1. The SMILES string of the molecule is N#Cc1ccc(-c2nccc3c2CN(c2ccc(F)cc2)C3=O)c(O)c1. The van der Waals surface area contributed by atoms with E-state index in [0.29, 0.717) is 33.6 Å². The number of carbonyl (C=O) groups is 1. The molecule has 0 saturated heterocycles. The largest absolute Gasteiger partial charge is 0.507 e. The highest BCUT2D eigenvalue weighted by Crippen LogP contribution is 2.37. The Morgan fingerprint density at radius 3 is 2.58 bits per heavy atom. The summed E-state index contributed by atoms with van der Waals surface area (Å²) in [5.41, 5.74) is 3.03. The van der Waals surface area contributed by atoms with Crippen molar-refractivity contribution >= 4 is 11.6 Å². The minimum atomic E-state index is -0.372. The third-order valence-electron chi connectivity index (χ3n) is 4.37. The van der Waals surface area contributed by atoms with Gasteiger partial charge in [-0.1, -0.05) is 0 Å². The Morgan fingerprint density at radius 2 is 1.88 bits per heavy atom. The van der Waals surface area contributed by atoms with Crippen LogP contribution < -0.4 is 4.90 Å². The first-order valence-corrected chi connectivity index (χ1v) is 7.87. The summed E-state index contributed by atoms with van der Waals surface area (Å²) in [5.74, 6) is -0.649. The molecule has 1 aromatic heterocycles. The third kappa shape index (κ3) is 2.47. The smallest absolute Gasteiger partial charge is 0.259 e. The summed E-state index contributed by atoms with van der Waals surface area (Å²) in [4.78, 5) is 18.6. The molecule has 4 rings (SSSR count). The van der Waals surface area contributed by atoms with Crippen molar-refractivity contribution in [1.82, 2.24) is 4.98 Å². The highest BCUT2D eigenvalue weighted by molar-refractivity contribution is 6.11. The highest BCUT2D eigenvalue weighted by Gasteiger charge is 2.31. The molecule has 126 valence electrons. The number of rotatable bonds is 2. The van der Waals surface area contributed by atoms with Crippen molar-refractivity contribution in [3.05, 3.63) is 77.2 Å². The highest BCUT2D eigenvalue weighted by atomic mass is 19.1. The Kier molecular flexibility index (Phi) is 3.63. The van der Waals surface area contributed by atoms with E-state index in [1.165, 1.54) is 29.3 Å². The van der Waals surface area contributed by atoms with Crippen LogP contribution in [0.5, 0.6) is 5.75 Å². The standard InChI is InChI=1S/C20H12FN3O2/c21-13-2-4-14(5-3-13)24-11-17-15(20(24)26)7-8-23-19(17)16-6-1-12(10-22)9-18(16)25/h1-9,25H,11H2. The summed E-state index contributed by atoms with van der Waals surface area (Å²) >= 11 is 0. The van der Waals surface area contributed by atoms with Crippen LogP contribution in [0.1, 0.15) is 21.5 Å². The molecule has 0 bridgehead atoms. The molecular formula is C20H12FN3O2. The average Bonchev–Trinajstić information content (AvgIpc) is 2.99. The number of pyridine rings is 1. The first-order valence-electron chi connectivity index (χ1n) is 7.87. The van der Waals surface area contributed by atoms with Gasteiger partial charge in [0.2, 0.25) is 0 Å². The van der Waals surface area contributed by atoms with Gasteiger partial charge < -0.3 is 10.0 Å². The van der Waals surface area contributed by atoms with Crippen LogP contribution in [-0.4, -0.2) is 16.0 Å². The van der Waals surface area contributed by atoms with Crippen LogP contribution in [-0.2, 0) is 6.54 Å². The Balaban J connectivity index is 1.79. The van der Waals surface area contributed by atoms with Gasteiger partial charge in [0.25, 0.3) is 5.91 Å². The number of halogens is 1. The van der Waals surface area contributed by atoms with Crippen LogP contribution in [0.2, 0.25) is 0 Å². The van der Waals surface area contributed by atoms with E-state index in [1.807, 2.05) is 6.07 Å². The van der Waals surface area contributed by atoms with Crippen molar-refractivity contribution in [3.8, 4) is 23.1 Å². The van der Waals surface area contributed by atoms with Crippen LogP contribution in [0.3, 0.4) is 0 Å². The van der Waals surface area contributed by atoms with Crippen molar-refractivity contribution < 1.29 is 14.3 Å². The molecule has 0 radical (unpaired) electrons. The van der Waals surface area contributed by atoms with Gasteiger partial charge in [-0.05, 0) is 48.5 Å². The van der Waals surface area contributed by atoms with Gasteiger partial charge in [0.15, 0.2) is 0 Å². The lowest BCUT2D eigenvalue weighted by molar-refractivity contribution is 0.0996. The molecule has 1 amide bonds. The van der Waals surface area contributed by atoms with E-state index >= 15 is 0 Å². The summed E-state index contributed by atoms with van der Waals surface area (Å²) in [6, 6.07) is 13.9. The average molecular weight is 345 g/mol. The van der Waals surface area contributed by atoms with Crippen molar-refractivity contribution in [1.29, 1.82) is 5.26 Å². The molecule has 0 fully saturated rings. The van der Waals surface area contributed by atoms with Crippen LogP contribution >= 0.6 is 0 Å². The molecule has 0 spiro atoms. The number of carbonyl (C=O) groups excluding carboxylic acids is 1. The number of benzene rings is 2. The van der Waals surface area contributed by atoms with Gasteiger partial charge in [0.05, 0.1) is 23.9 Å². The van der Waals surface area contributed by atoms with Crippen molar-refractivity contribution in [2.45, 2.75) is 6.54 Å². The third-order valence-corrected chi connectivity index (χ3v) is 4.37. The number of aromatic nitrogens is 1. The minimum Gasteiger partial charge on any atom is -0.507 e. The molecule has 0 aliphatic carbocycles. The summed E-state index contributed by atoms with van der Waals surface area (Å²) in [5, 5.41) is 19.2. The predicted octanol–water partition coefficient (Wildman–Crippen LogP) is 3.63. The Morgan fingerprint density at radius 1 is 1.12 bits per heavy atom. The number of phenolic OH excluding ortho intramolecular Hbond substituents is 1. The summed E-state index contributed by atoms with van der Waals surface area (Å²) < 4.78 is 13.2. The van der Waals surface area contributed by atoms with Gasteiger partial charge in [-0.2, -0.15) is 5.26 Å². The fourth-order valence-corrected chi connectivity index (χ4v) is 3.09. The summed E-state index contributed by atoms with van der Waals surface area (Å²) in [6.07, 6.45) is 1.51. The molecule has 0 atom stereocenters. The van der Waals surface area contributed by atoms with Crippen molar-refractivity contribution in [3.63, 3.8) is 0 Å². The number of anilines is 1. The number of nitriles is 1. The quantitative estimate of drug-likeness (QED) is 0.769. The molecule has 0 saturated carbocycles. The summed E-state index contributed by atoms with van der Waals surface area (Å²) in [7, 11) is 0. The molecule has 2 heterocycles. The Hall–Kier alpha value is -3.72. The zero-order chi connectivity index (χ0) is 18.3. The van der Waals surface area contributed by atoms with Gasteiger partial charge in [0.1, 0.15) is 11.6 Å². The molecule has 2 aromatic carbocycles. The lowest BCUT2D eigenvalue weighted by atomic mass is 10.0. The van der Waals surface area contributed by atoms with Crippen LogP contribution in [0, 0.1) is 17.1 Å². The lowest BCUT2D eigenvalue weighted by Gasteiger charge is -2.15. The number of hydrogen-bond acceptors (Lipinski definition) is 4. The molecule has 26 heavy (non-hydrogen) atoms. The first-order chi connectivity index (χ1) is 12.6. The number of aromatic hydroxyl groups is 1. The molecular weight excluding hydrogens is 333 g/mol. The van der Waals surface area contributed by atoms with Crippen LogP contribution in [0.25, 0.3) is 11.3 Å². The number of nitrogens with zero attached hydrogens (tertiary/aromatic N) is 3. The fourth-order valence-electron chi connectivity index (χ4n) is 3.09. The topological polar surface area (TPSA) is 77.2 Å². The maximum absolute atomic E-state index is 13.2. The minimum absolute atomic E-state index is 0.0716. The first kappa shape index (κ1) is 15.8. The van der Waals surface area contributed by atoms with E-state index in [4.69, 9.17) is 5.26 Å². The van der Waals surface area contributed by atoms with Gasteiger partial charge in [-0.3, -0.25) is 9.78 Å². The van der Waals surface area contributed by atoms with Crippen molar-refractivity contribution in [2.24, 2.45) is 0 Å². The van der Waals surface area contributed by atoms with Gasteiger partial charge in [0, 0.05) is 28.6 Å². The zero-order valence-electron chi connectivity index (χ0n) is 13.5. The van der Waals surface area contributed by atoms with Crippen molar-refractivity contribution in [2.75, 3.05) is 4.90 Å². The van der Waals surface area contributed by atoms with E-state index < -0.39 is 0 Å². The molecule has 6 heteroatoms. The van der Waals surface area contributed by atoms with Gasteiger partial charge in [-0.15, -0.1) is 0 Å². The fraction of sp³-hybridized carbons (Fsp3) is 0.0500. The van der Waals surface area contributed by atoms with Gasteiger partial charge in [-0.25, -0.2) is 4.39 Å². The molecule has 5 nitrogen and oxygen atoms in total. The Labute approximate surface area is 148 Å². The van der Waals surface area contributed by atoms with E-state index in [9.17, 15) is 14.3 Å². The molecule has 1 aliphatic rings. The maximum atomic E-state index is 13.2. The van der Waals surface area contributed by atoms with E-state index in [-0.39, 0.29) is 24.0 Å².